The highest BCUT2D eigenvalue weighted by atomic mass is 19.1. The molecular weight excluding hydrogens is 265 g/mol. The van der Waals surface area contributed by atoms with Crippen molar-refractivity contribution in [2.75, 3.05) is 0 Å². The molecule has 0 unspecified atom stereocenters. The van der Waals surface area contributed by atoms with E-state index >= 15 is 0 Å². The maximum absolute atomic E-state index is 13.6. The second-order valence-electron chi connectivity index (χ2n) is 4.16. The maximum atomic E-state index is 13.6. The molecule has 1 aromatic carbocycles. The van der Waals surface area contributed by atoms with Gasteiger partial charge in [0.05, 0.1) is 11.8 Å². The van der Waals surface area contributed by atoms with Crippen LogP contribution < -0.4 is 5.32 Å². The number of carboxylic acid groups (broad SMARTS) is 1. The van der Waals surface area contributed by atoms with E-state index in [0.717, 1.165) is 6.07 Å². The van der Waals surface area contributed by atoms with Gasteiger partial charge in [0.1, 0.15) is 11.6 Å². The lowest BCUT2D eigenvalue weighted by atomic mass is 10.1. The normalized spacial score (nSPS) is 11.9. The lowest BCUT2D eigenvalue weighted by Crippen LogP contribution is -2.34. The van der Waals surface area contributed by atoms with Crippen LogP contribution in [-0.4, -0.2) is 17.0 Å². The second kappa shape index (κ2) is 5.56. The number of carbonyl (C=O) groups is 2. The number of aryl methyl sites for hydroxylation is 1. The molecule has 0 aliphatic rings. The predicted octanol–water partition coefficient (Wildman–Crippen LogP) is 2.28. The fourth-order valence-corrected chi connectivity index (χ4v) is 1.81. The molecule has 0 bridgehead atoms. The quantitative estimate of drug-likeness (QED) is 0.898. The van der Waals surface area contributed by atoms with Crippen LogP contribution in [0.4, 0.5) is 4.39 Å². The van der Waals surface area contributed by atoms with E-state index in [2.05, 4.69) is 5.32 Å². The molecule has 2 rings (SSSR count). The first-order chi connectivity index (χ1) is 9.50. The molecule has 5 nitrogen and oxygen atoms in total. The Hall–Kier alpha value is -2.63. The summed E-state index contributed by atoms with van der Waals surface area (Å²) in [6, 6.07) is 5.36. The van der Waals surface area contributed by atoms with Gasteiger partial charge in [-0.25, -0.2) is 9.18 Å². The Labute approximate surface area is 114 Å². The minimum Gasteiger partial charge on any atom is -0.479 e. The van der Waals surface area contributed by atoms with Crippen LogP contribution in [0.1, 0.15) is 27.7 Å². The molecule has 0 aliphatic carbocycles. The number of halogens is 1. The minimum absolute atomic E-state index is 0.102. The van der Waals surface area contributed by atoms with Crippen molar-refractivity contribution in [3.05, 3.63) is 59.3 Å². The Kier molecular flexibility index (Phi) is 3.84. The highest BCUT2D eigenvalue weighted by molar-refractivity contribution is 5.97. The van der Waals surface area contributed by atoms with Crippen LogP contribution in [0.25, 0.3) is 0 Å². The number of amides is 1. The fourth-order valence-electron chi connectivity index (χ4n) is 1.81. The smallest absolute Gasteiger partial charge is 0.331 e. The van der Waals surface area contributed by atoms with Gasteiger partial charge < -0.3 is 14.8 Å². The largest absolute Gasteiger partial charge is 0.479 e. The van der Waals surface area contributed by atoms with Crippen LogP contribution in [0, 0.1) is 12.7 Å². The number of nitrogens with one attached hydrogen (secondary N) is 1. The van der Waals surface area contributed by atoms with E-state index in [1.165, 1.54) is 30.5 Å². The van der Waals surface area contributed by atoms with Crippen molar-refractivity contribution in [3.63, 3.8) is 0 Å². The van der Waals surface area contributed by atoms with E-state index in [0.29, 0.717) is 5.76 Å². The standard InChI is InChI=1S/C14H12FNO4/c1-8-9(6-7-20-8)13(17)16-12(14(18)19)10-4-2-3-5-11(10)15/h2-7,12H,1H3,(H,16,17)(H,18,19)/t12-/m1/s1. The van der Waals surface area contributed by atoms with Gasteiger partial charge in [-0.3, -0.25) is 4.79 Å². The average molecular weight is 277 g/mol. The van der Waals surface area contributed by atoms with Crippen molar-refractivity contribution in [1.82, 2.24) is 5.32 Å². The Morgan fingerprint density at radius 2 is 2.00 bits per heavy atom. The Balaban J connectivity index is 2.28. The molecule has 1 heterocycles. The summed E-state index contributed by atoms with van der Waals surface area (Å²) in [5.41, 5.74) is 0.113. The monoisotopic (exact) mass is 277 g/mol. The third-order valence-corrected chi connectivity index (χ3v) is 2.84. The molecule has 1 atom stereocenters. The molecule has 0 aliphatic heterocycles. The first-order valence-electron chi connectivity index (χ1n) is 5.83. The first kappa shape index (κ1) is 13.8. The van der Waals surface area contributed by atoms with Crippen LogP contribution >= 0.6 is 0 Å². The fraction of sp³-hybridized carbons (Fsp3) is 0.143. The van der Waals surface area contributed by atoms with Gasteiger partial charge in [0, 0.05) is 5.56 Å². The van der Waals surface area contributed by atoms with E-state index in [9.17, 15) is 14.0 Å². The van der Waals surface area contributed by atoms with Crippen molar-refractivity contribution in [2.45, 2.75) is 13.0 Å². The molecule has 0 fully saturated rings. The molecule has 1 aromatic heterocycles. The Morgan fingerprint density at radius 1 is 1.30 bits per heavy atom. The van der Waals surface area contributed by atoms with Gasteiger partial charge in [0.15, 0.2) is 6.04 Å². The average Bonchev–Trinajstić information content (AvgIpc) is 2.83. The molecule has 20 heavy (non-hydrogen) atoms. The molecule has 0 radical (unpaired) electrons. The number of hydrogen-bond donors (Lipinski definition) is 2. The SMILES string of the molecule is Cc1occc1C(=O)N[C@@H](C(=O)O)c1ccccc1F. The Morgan fingerprint density at radius 3 is 2.55 bits per heavy atom. The first-order valence-corrected chi connectivity index (χ1v) is 5.83. The van der Waals surface area contributed by atoms with Crippen molar-refractivity contribution in [2.24, 2.45) is 0 Å². The van der Waals surface area contributed by atoms with Gasteiger partial charge in [-0.15, -0.1) is 0 Å². The topological polar surface area (TPSA) is 79.5 Å². The molecule has 0 spiro atoms. The summed E-state index contributed by atoms with van der Waals surface area (Å²) >= 11 is 0. The highest BCUT2D eigenvalue weighted by Crippen LogP contribution is 2.18. The molecule has 6 heteroatoms. The summed E-state index contributed by atoms with van der Waals surface area (Å²) in [5, 5.41) is 11.4. The molecular formula is C14H12FNO4. The summed E-state index contributed by atoms with van der Waals surface area (Å²) in [7, 11) is 0. The van der Waals surface area contributed by atoms with Crippen molar-refractivity contribution in [1.29, 1.82) is 0 Å². The Bertz CT molecular complexity index is 650. The highest BCUT2D eigenvalue weighted by Gasteiger charge is 2.26. The number of furan rings is 1. The summed E-state index contributed by atoms with van der Waals surface area (Å²) in [6.07, 6.45) is 1.32. The van der Waals surface area contributed by atoms with Gasteiger partial charge in [-0.2, -0.15) is 0 Å². The van der Waals surface area contributed by atoms with E-state index < -0.39 is 23.7 Å². The van der Waals surface area contributed by atoms with E-state index in [1.807, 2.05) is 0 Å². The lowest BCUT2D eigenvalue weighted by Gasteiger charge is -2.15. The summed E-state index contributed by atoms with van der Waals surface area (Å²) < 4.78 is 18.6. The zero-order valence-corrected chi connectivity index (χ0v) is 10.6. The van der Waals surface area contributed by atoms with Crippen LogP contribution in [0.3, 0.4) is 0 Å². The molecule has 2 N–H and O–H groups in total. The molecule has 1 amide bonds. The third-order valence-electron chi connectivity index (χ3n) is 2.84. The van der Waals surface area contributed by atoms with Crippen LogP contribution in [0.2, 0.25) is 0 Å². The van der Waals surface area contributed by atoms with Gasteiger partial charge in [-0.05, 0) is 19.1 Å². The van der Waals surface area contributed by atoms with Gasteiger partial charge in [0.25, 0.3) is 5.91 Å². The molecule has 0 saturated heterocycles. The maximum Gasteiger partial charge on any atom is 0.331 e. The summed E-state index contributed by atoms with van der Waals surface area (Å²) in [4.78, 5) is 23.2. The summed E-state index contributed by atoms with van der Waals surface area (Å²) in [5.74, 6) is -2.30. The number of rotatable bonds is 4. The minimum atomic E-state index is -1.46. The number of hydrogen-bond acceptors (Lipinski definition) is 3. The lowest BCUT2D eigenvalue weighted by molar-refractivity contribution is -0.139. The second-order valence-corrected chi connectivity index (χ2v) is 4.16. The van der Waals surface area contributed by atoms with Gasteiger partial charge in [0.2, 0.25) is 0 Å². The van der Waals surface area contributed by atoms with E-state index in [-0.39, 0.29) is 11.1 Å². The van der Waals surface area contributed by atoms with Crippen molar-refractivity contribution in [3.8, 4) is 0 Å². The molecule has 0 saturated carbocycles. The van der Waals surface area contributed by atoms with Crippen LogP contribution in [-0.2, 0) is 4.79 Å². The number of carbonyl (C=O) groups excluding carboxylic acids is 1. The van der Waals surface area contributed by atoms with E-state index in [4.69, 9.17) is 9.52 Å². The van der Waals surface area contributed by atoms with Crippen LogP contribution in [0.5, 0.6) is 0 Å². The predicted molar refractivity (Wildman–Crippen MR) is 67.7 cm³/mol. The number of benzene rings is 1. The zero-order chi connectivity index (χ0) is 14.7. The van der Waals surface area contributed by atoms with Crippen molar-refractivity contribution >= 4 is 11.9 Å². The van der Waals surface area contributed by atoms with Gasteiger partial charge >= 0.3 is 5.97 Å². The zero-order valence-electron chi connectivity index (χ0n) is 10.6. The van der Waals surface area contributed by atoms with Crippen LogP contribution in [0.15, 0.2) is 41.0 Å². The molecule has 104 valence electrons. The number of aliphatic carboxylic acids is 1. The molecule has 2 aromatic rings. The number of carboxylic acids is 1. The third kappa shape index (κ3) is 2.69. The van der Waals surface area contributed by atoms with E-state index in [1.54, 1.807) is 6.92 Å². The van der Waals surface area contributed by atoms with Gasteiger partial charge in [-0.1, -0.05) is 18.2 Å². The summed E-state index contributed by atoms with van der Waals surface area (Å²) in [6.45, 7) is 1.58. The van der Waals surface area contributed by atoms with Crippen molar-refractivity contribution < 1.29 is 23.5 Å².